The van der Waals surface area contributed by atoms with E-state index in [9.17, 15) is 0 Å². The first-order chi connectivity index (χ1) is 11.3. The Balaban J connectivity index is 0.00000312. The molecule has 0 saturated carbocycles. The molecular formula is C19H29IN4O. The second-order valence-corrected chi connectivity index (χ2v) is 6.73. The number of aromatic nitrogens is 1. The number of aliphatic imine (C=N–C) groups is 1. The Kier molecular flexibility index (Phi) is 7.92. The number of halogens is 1. The molecule has 138 valence electrons. The minimum absolute atomic E-state index is 0. The molecular weight excluding hydrogens is 427 g/mol. The predicted molar refractivity (Wildman–Crippen MR) is 114 cm³/mol. The van der Waals surface area contributed by atoms with Gasteiger partial charge in [-0.2, -0.15) is 0 Å². The molecule has 0 bridgehead atoms. The number of oxazole rings is 1. The molecule has 5 nitrogen and oxygen atoms in total. The van der Waals surface area contributed by atoms with Crippen molar-refractivity contribution < 1.29 is 4.42 Å². The number of hydrogen-bond donors (Lipinski definition) is 2. The monoisotopic (exact) mass is 456 g/mol. The van der Waals surface area contributed by atoms with Crippen LogP contribution in [0.4, 0.5) is 0 Å². The summed E-state index contributed by atoms with van der Waals surface area (Å²) in [6.45, 7) is 11.8. The molecule has 2 N–H and O–H groups in total. The zero-order valence-electron chi connectivity index (χ0n) is 15.9. The van der Waals surface area contributed by atoms with Gasteiger partial charge in [-0.3, -0.25) is 4.99 Å². The normalized spacial score (nSPS) is 11.8. The highest BCUT2D eigenvalue weighted by atomic mass is 127. The lowest BCUT2D eigenvalue weighted by Gasteiger charge is -2.28. The van der Waals surface area contributed by atoms with E-state index < -0.39 is 0 Å². The van der Waals surface area contributed by atoms with Gasteiger partial charge in [0.25, 0.3) is 0 Å². The van der Waals surface area contributed by atoms with Gasteiger partial charge >= 0.3 is 0 Å². The highest BCUT2D eigenvalue weighted by Crippen LogP contribution is 2.25. The molecule has 6 heteroatoms. The number of benzene rings is 1. The van der Waals surface area contributed by atoms with Crippen LogP contribution in [-0.4, -0.2) is 24.5 Å². The van der Waals surface area contributed by atoms with Crippen molar-refractivity contribution in [2.24, 2.45) is 4.99 Å². The van der Waals surface area contributed by atoms with Gasteiger partial charge in [0.15, 0.2) is 5.96 Å². The van der Waals surface area contributed by atoms with Crippen LogP contribution in [0, 0.1) is 20.8 Å². The molecule has 0 aliphatic carbocycles. The molecule has 0 saturated heterocycles. The summed E-state index contributed by atoms with van der Waals surface area (Å²) in [5, 5.41) is 6.64. The van der Waals surface area contributed by atoms with Crippen LogP contribution in [0.2, 0.25) is 0 Å². The van der Waals surface area contributed by atoms with Crippen molar-refractivity contribution in [3.63, 3.8) is 0 Å². The first-order valence-electron chi connectivity index (χ1n) is 8.27. The molecule has 0 fully saturated rings. The average molecular weight is 456 g/mol. The number of hydrogen-bond acceptors (Lipinski definition) is 3. The number of rotatable bonds is 5. The Labute approximate surface area is 167 Å². The minimum Gasteiger partial charge on any atom is -0.444 e. The smallest absolute Gasteiger partial charge is 0.214 e. The van der Waals surface area contributed by atoms with E-state index >= 15 is 0 Å². The van der Waals surface area contributed by atoms with E-state index in [4.69, 9.17) is 4.42 Å². The maximum Gasteiger partial charge on any atom is 0.214 e. The van der Waals surface area contributed by atoms with Crippen LogP contribution in [0.15, 0.2) is 33.7 Å². The van der Waals surface area contributed by atoms with Gasteiger partial charge in [-0.1, -0.05) is 38.1 Å². The van der Waals surface area contributed by atoms with Gasteiger partial charge < -0.3 is 15.1 Å². The van der Waals surface area contributed by atoms with Crippen molar-refractivity contribution >= 4 is 29.9 Å². The summed E-state index contributed by atoms with van der Waals surface area (Å²) in [5.41, 5.74) is 3.57. The molecule has 1 heterocycles. The molecule has 1 aromatic carbocycles. The highest BCUT2D eigenvalue weighted by Gasteiger charge is 2.22. The summed E-state index contributed by atoms with van der Waals surface area (Å²) in [6, 6.07) is 8.50. The van der Waals surface area contributed by atoms with Crippen molar-refractivity contribution in [1.29, 1.82) is 0 Å². The van der Waals surface area contributed by atoms with E-state index in [2.05, 4.69) is 65.6 Å². The van der Waals surface area contributed by atoms with Gasteiger partial charge in [0.05, 0.1) is 12.2 Å². The largest absolute Gasteiger partial charge is 0.444 e. The number of nitrogens with one attached hydrogen (secondary N) is 2. The molecule has 0 atom stereocenters. The van der Waals surface area contributed by atoms with E-state index in [-0.39, 0.29) is 29.4 Å². The minimum atomic E-state index is -0.000921. The van der Waals surface area contributed by atoms with Crippen LogP contribution in [0.5, 0.6) is 0 Å². The fourth-order valence-corrected chi connectivity index (χ4v) is 2.73. The predicted octanol–water partition coefficient (Wildman–Crippen LogP) is 3.86. The molecule has 2 rings (SSSR count). The number of aryl methyl sites for hydroxylation is 3. The van der Waals surface area contributed by atoms with Crippen molar-refractivity contribution in [1.82, 2.24) is 15.6 Å². The van der Waals surface area contributed by atoms with Gasteiger partial charge in [-0.25, -0.2) is 4.98 Å². The van der Waals surface area contributed by atoms with Crippen LogP contribution < -0.4 is 10.6 Å². The number of nitrogens with zero attached hydrogens (tertiary/aromatic N) is 2. The summed E-state index contributed by atoms with van der Waals surface area (Å²) < 4.78 is 5.58. The maximum absolute atomic E-state index is 5.58. The topological polar surface area (TPSA) is 62.5 Å². The van der Waals surface area contributed by atoms with E-state index in [0.29, 0.717) is 12.4 Å². The van der Waals surface area contributed by atoms with Crippen LogP contribution in [0.25, 0.3) is 0 Å². The van der Waals surface area contributed by atoms with Gasteiger partial charge in [0, 0.05) is 19.0 Å². The van der Waals surface area contributed by atoms with Gasteiger partial charge in [-0.15, -0.1) is 24.0 Å². The second kappa shape index (κ2) is 9.22. The quantitative estimate of drug-likeness (QED) is 0.408. The van der Waals surface area contributed by atoms with E-state index in [1.54, 1.807) is 7.05 Å². The van der Waals surface area contributed by atoms with Crippen LogP contribution in [0.3, 0.4) is 0 Å². The molecule has 0 unspecified atom stereocenters. The van der Waals surface area contributed by atoms with Crippen molar-refractivity contribution in [2.45, 2.75) is 46.6 Å². The van der Waals surface area contributed by atoms with Crippen molar-refractivity contribution in [3.8, 4) is 0 Å². The maximum atomic E-state index is 5.58. The summed E-state index contributed by atoms with van der Waals surface area (Å²) in [7, 11) is 1.77. The fourth-order valence-electron chi connectivity index (χ4n) is 2.73. The first kappa shape index (κ1) is 21.5. The van der Waals surface area contributed by atoms with E-state index in [1.807, 2.05) is 13.8 Å². The first-order valence-corrected chi connectivity index (χ1v) is 8.27. The van der Waals surface area contributed by atoms with Crippen molar-refractivity contribution in [2.75, 3.05) is 13.6 Å². The summed E-state index contributed by atoms with van der Waals surface area (Å²) in [5.74, 6) is 2.27. The lowest BCUT2D eigenvalue weighted by Crippen LogP contribution is -2.43. The standard InChI is InChI=1S/C19H28N4O.HI/c1-13-9-7-8-10-16(13)19(4,5)12-22-18(20-6)21-11-17-23-14(2)15(3)24-17;/h7-10H,11-12H2,1-6H3,(H2,20,21,22);1H. The Morgan fingerprint density at radius 2 is 1.84 bits per heavy atom. The molecule has 0 amide bonds. The van der Waals surface area contributed by atoms with Crippen LogP contribution in [-0.2, 0) is 12.0 Å². The molecule has 0 spiro atoms. The molecule has 0 aliphatic rings. The van der Waals surface area contributed by atoms with Crippen LogP contribution >= 0.6 is 24.0 Å². The van der Waals surface area contributed by atoms with E-state index in [1.165, 1.54) is 11.1 Å². The lowest BCUT2D eigenvalue weighted by atomic mass is 9.82. The highest BCUT2D eigenvalue weighted by molar-refractivity contribution is 14.0. The number of guanidine groups is 1. The Bertz CT molecular complexity index is 702. The molecule has 1 aromatic heterocycles. The van der Waals surface area contributed by atoms with Gasteiger partial charge in [0.2, 0.25) is 5.89 Å². The average Bonchev–Trinajstić information content (AvgIpc) is 2.86. The van der Waals surface area contributed by atoms with E-state index in [0.717, 1.165) is 24.0 Å². The summed E-state index contributed by atoms with van der Waals surface area (Å²) in [6.07, 6.45) is 0. The zero-order chi connectivity index (χ0) is 17.7. The Morgan fingerprint density at radius 3 is 2.40 bits per heavy atom. The van der Waals surface area contributed by atoms with Crippen molar-refractivity contribution in [3.05, 3.63) is 52.7 Å². The Morgan fingerprint density at radius 1 is 1.16 bits per heavy atom. The molecule has 0 aliphatic heterocycles. The lowest BCUT2D eigenvalue weighted by molar-refractivity contribution is 0.461. The van der Waals surface area contributed by atoms with Gasteiger partial charge in [0.1, 0.15) is 5.76 Å². The second-order valence-electron chi connectivity index (χ2n) is 6.73. The van der Waals surface area contributed by atoms with Crippen LogP contribution in [0.1, 0.15) is 42.3 Å². The summed E-state index contributed by atoms with van der Waals surface area (Å²) >= 11 is 0. The third-order valence-electron chi connectivity index (χ3n) is 4.28. The SMILES string of the molecule is CN=C(NCc1nc(C)c(C)o1)NCC(C)(C)c1ccccc1C.I. The third kappa shape index (κ3) is 5.73. The van der Waals surface area contributed by atoms with Gasteiger partial charge in [-0.05, 0) is 31.9 Å². The molecule has 25 heavy (non-hydrogen) atoms. The molecule has 0 radical (unpaired) electrons. The molecule has 2 aromatic rings. The zero-order valence-corrected chi connectivity index (χ0v) is 18.3. The summed E-state index contributed by atoms with van der Waals surface area (Å²) in [4.78, 5) is 8.65. The Hall–Kier alpha value is -1.57. The fraction of sp³-hybridized carbons (Fsp3) is 0.474. The third-order valence-corrected chi connectivity index (χ3v) is 4.28.